The van der Waals surface area contributed by atoms with Crippen molar-refractivity contribution < 1.29 is 4.79 Å². The van der Waals surface area contributed by atoms with E-state index in [0.29, 0.717) is 12.5 Å². The lowest BCUT2D eigenvalue weighted by molar-refractivity contribution is -0.132. The van der Waals surface area contributed by atoms with Crippen molar-refractivity contribution >= 4 is 21.8 Å². The number of likely N-dealkylation sites (tertiary alicyclic amines) is 1. The van der Waals surface area contributed by atoms with Crippen LogP contribution < -0.4 is 5.32 Å². The highest BCUT2D eigenvalue weighted by Crippen LogP contribution is 2.28. The van der Waals surface area contributed by atoms with Gasteiger partial charge in [0.15, 0.2) is 0 Å². The third-order valence-corrected chi connectivity index (χ3v) is 4.78. The number of hydrogen-bond acceptors (Lipinski definition) is 2. The maximum atomic E-state index is 12.5. The second kappa shape index (κ2) is 7.23. The standard InChI is InChI=1S/C16H23BrN2O/c1-12(14-7-3-4-8-15(14)17)10-16(20)19-9-5-6-13(19)11-18-2/h3-4,7-8,12-13,18H,5-6,9-11H2,1-2H3. The van der Waals surface area contributed by atoms with Crippen molar-refractivity contribution in [2.45, 2.75) is 38.1 Å². The Morgan fingerprint density at radius 2 is 2.25 bits per heavy atom. The second-order valence-corrected chi connectivity index (χ2v) is 6.42. The van der Waals surface area contributed by atoms with Crippen molar-refractivity contribution in [3.8, 4) is 0 Å². The first-order valence-corrected chi connectivity index (χ1v) is 8.11. The summed E-state index contributed by atoms with van der Waals surface area (Å²) in [5.74, 6) is 0.528. The summed E-state index contributed by atoms with van der Waals surface area (Å²) in [6, 6.07) is 8.54. The lowest BCUT2D eigenvalue weighted by Gasteiger charge is -2.26. The molecule has 0 aliphatic carbocycles. The normalized spacial score (nSPS) is 20.1. The van der Waals surface area contributed by atoms with Crippen molar-refractivity contribution in [1.29, 1.82) is 0 Å². The van der Waals surface area contributed by atoms with Crippen molar-refractivity contribution in [3.05, 3.63) is 34.3 Å². The monoisotopic (exact) mass is 338 g/mol. The molecule has 1 fully saturated rings. The molecular formula is C16H23BrN2O. The summed E-state index contributed by atoms with van der Waals surface area (Å²) in [5.41, 5.74) is 1.21. The van der Waals surface area contributed by atoms with Crippen LogP contribution in [-0.2, 0) is 4.79 Å². The van der Waals surface area contributed by atoms with E-state index in [2.05, 4.69) is 39.1 Å². The third-order valence-electron chi connectivity index (χ3n) is 4.05. The number of nitrogens with zero attached hydrogens (tertiary/aromatic N) is 1. The number of carbonyl (C=O) groups is 1. The summed E-state index contributed by atoms with van der Waals surface area (Å²) < 4.78 is 1.09. The van der Waals surface area contributed by atoms with Gasteiger partial charge in [-0.2, -0.15) is 0 Å². The first-order chi connectivity index (χ1) is 9.63. The Hall–Kier alpha value is -0.870. The van der Waals surface area contributed by atoms with Crippen LogP contribution >= 0.6 is 15.9 Å². The van der Waals surface area contributed by atoms with E-state index in [-0.39, 0.29) is 11.8 Å². The molecule has 1 amide bonds. The Morgan fingerprint density at radius 1 is 1.50 bits per heavy atom. The number of nitrogens with one attached hydrogen (secondary N) is 1. The van der Waals surface area contributed by atoms with E-state index in [9.17, 15) is 4.79 Å². The molecule has 1 aliphatic rings. The van der Waals surface area contributed by atoms with Gasteiger partial charge in [0.05, 0.1) is 0 Å². The fourth-order valence-corrected chi connectivity index (χ4v) is 3.65. The van der Waals surface area contributed by atoms with Gasteiger partial charge < -0.3 is 10.2 Å². The van der Waals surface area contributed by atoms with Gasteiger partial charge in [-0.3, -0.25) is 4.79 Å². The van der Waals surface area contributed by atoms with Gasteiger partial charge >= 0.3 is 0 Å². The van der Waals surface area contributed by atoms with Gasteiger partial charge in [0.2, 0.25) is 5.91 Å². The molecule has 1 N–H and O–H groups in total. The van der Waals surface area contributed by atoms with Crippen LogP contribution in [0, 0.1) is 0 Å². The van der Waals surface area contributed by atoms with Crippen LogP contribution in [0.2, 0.25) is 0 Å². The van der Waals surface area contributed by atoms with Crippen LogP contribution in [0.1, 0.15) is 37.7 Å². The molecule has 3 nitrogen and oxygen atoms in total. The number of amides is 1. The van der Waals surface area contributed by atoms with E-state index in [1.807, 2.05) is 25.2 Å². The van der Waals surface area contributed by atoms with E-state index < -0.39 is 0 Å². The molecule has 0 bridgehead atoms. The molecule has 20 heavy (non-hydrogen) atoms. The number of carbonyl (C=O) groups excluding carboxylic acids is 1. The number of benzene rings is 1. The molecule has 0 saturated carbocycles. The smallest absolute Gasteiger partial charge is 0.223 e. The first kappa shape index (κ1) is 15.5. The van der Waals surface area contributed by atoms with Crippen LogP contribution in [0.25, 0.3) is 0 Å². The molecule has 2 unspecified atom stereocenters. The summed E-state index contributed by atoms with van der Waals surface area (Å²) in [7, 11) is 1.95. The molecule has 110 valence electrons. The van der Waals surface area contributed by atoms with E-state index in [1.165, 1.54) is 5.56 Å². The fourth-order valence-electron chi connectivity index (χ4n) is 2.98. The van der Waals surface area contributed by atoms with Gasteiger partial charge in [0.25, 0.3) is 0 Å². The molecule has 2 atom stereocenters. The fraction of sp³-hybridized carbons (Fsp3) is 0.562. The predicted octanol–water partition coefficient (Wildman–Crippen LogP) is 3.15. The molecule has 1 aromatic rings. The molecule has 1 aliphatic heterocycles. The Labute approximate surface area is 129 Å². The van der Waals surface area contributed by atoms with Crippen molar-refractivity contribution in [2.75, 3.05) is 20.1 Å². The maximum Gasteiger partial charge on any atom is 0.223 e. The van der Waals surface area contributed by atoms with Crippen molar-refractivity contribution in [2.24, 2.45) is 0 Å². The minimum atomic E-state index is 0.244. The van der Waals surface area contributed by atoms with Gasteiger partial charge in [0, 0.05) is 30.0 Å². The van der Waals surface area contributed by atoms with E-state index in [1.54, 1.807) is 0 Å². The maximum absolute atomic E-state index is 12.5. The highest BCUT2D eigenvalue weighted by molar-refractivity contribution is 9.10. The Morgan fingerprint density at radius 3 is 2.95 bits per heavy atom. The zero-order valence-electron chi connectivity index (χ0n) is 12.2. The minimum Gasteiger partial charge on any atom is -0.338 e. The van der Waals surface area contributed by atoms with Gasteiger partial charge in [-0.1, -0.05) is 41.1 Å². The number of hydrogen-bond donors (Lipinski definition) is 1. The van der Waals surface area contributed by atoms with Gasteiger partial charge in [0.1, 0.15) is 0 Å². The highest BCUT2D eigenvalue weighted by atomic mass is 79.9. The second-order valence-electron chi connectivity index (χ2n) is 5.57. The molecule has 0 spiro atoms. The Balaban J connectivity index is 1.99. The van der Waals surface area contributed by atoms with E-state index in [4.69, 9.17) is 0 Å². The molecule has 1 aromatic carbocycles. The summed E-state index contributed by atoms with van der Waals surface area (Å²) in [6.45, 7) is 3.93. The SMILES string of the molecule is CNCC1CCCN1C(=O)CC(C)c1ccccc1Br. The number of rotatable bonds is 5. The van der Waals surface area contributed by atoms with Gasteiger partial charge in [-0.25, -0.2) is 0 Å². The van der Waals surface area contributed by atoms with Crippen molar-refractivity contribution in [1.82, 2.24) is 10.2 Å². The Kier molecular flexibility index (Phi) is 5.61. The zero-order valence-corrected chi connectivity index (χ0v) is 13.8. The number of halogens is 1. The van der Waals surface area contributed by atoms with E-state index in [0.717, 1.165) is 30.4 Å². The summed E-state index contributed by atoms with van der Waals surface area (Å²) in [5, 5.41) is 3.19. The molecule has 2 rings (SSSR count). The quantitative estimate of drug-likeness (QED) is 0.894. The minimum absolute atomic E-state index is 0.244. The van der Waals surface area contributed by atoms with Crippen LogP contribution in [0.4, 0.5) is 0 Å². The molecule has 4 heteroatoms. The van der Waals surface area contributed by atoms with Crippen LogP contribution in [-0.4, -0.2) is 37.0 Å². The highest BCUT2D eigenvalue weighted by Gasteiger charge is 2.29. The topological polar surface area (TPSA) is 32.3 Å². The van der Waals surface area contributed by atoms with Crippen LogP contribution in [0.15, 0.2) is 28.7 Å². The lowest BCUT2D eigenvalue weighted by Crippen LogP contribution is -2.41. The summed E-state index contributed by atoms with van der Waals surface area (Å²) in [6.07, 6.45) is 2.83. The summed E-state index contributed by atoms with van der Waals surface area (Å²) >= 11 is 3.57. The molecular weight excluding hydrogens is 316 g/mol. The molecule has 0 aromatic heterocycles. The molecule has 0 radical (unpaired) electrons. The predicted molar refractivity (Wildman–Crippen MR) is 85.8 cm³/mol. The Bertz CT molecular complexity index is 464. The van der Waals surface area contributed by atoms with E-state index >= 15 is 0 Å². The largest absolute Gasteiger partial charge is 0.338 e. The number of likely N-dealkylation sites (N-methyl/N-ethyl adjacent to an activating group) is 1. The molecule has 1 heterocycles. The van der Waals surface area contributed by atoms with Crippen molar-refractivity contribution in [3.63, 3.8) is 0 Å². The third kappa shape index (κ3) is 3.61. The van der Waals surface area contributed by atoms with Gasteiger partial charge in [-0.05, 0) is 37.4 Å². The average Bonchev–Trinajstić information content (AvgIpc) is 2.88. The lowest BCUT2D eigenvalue weighted by atomic mass is 9.97. The molecule has 1 saturated heterocycles. The summed E-state index contributed by atoms with van der Waals surface area (Å²) in [4.78, 5) is 14.6. The average molecular weight is 339 g/mol. The van der Waals surface area contributed by atoms with Crippen LogP contribution in [0.5, 0.6) is 0 Å². The first-order valence-electron chi connectivity index (χ1n) is 7.32. The van der Waals surface area contributed by atoms with Crippen LogP contribution in [0.3, 0.4) is 0 Å². The zero-order chi connectivity index (χ0) is 14.5. The van der Waals surface area contributed by atoms with Gasteiger partial charge in [-0.15, -0.1) is 0 Å².